The predicted molar refractivity (Wildman–Crippen MR) is 41.5 cm³/mol. The average molecular weight is 156 g/mol. The van der Waals surface area contributed by atoms with Gasteiger partial charge in [-0.3, -0.25) is 4.99 Å². The lowest BCUT2D eigenvalue weighted by Crippen LogP contribution is -2.20. The lowest BCUT2D eigenvalue weighted by molar-refractivity contribution is -0.138. The Labute approximate surface area is 65.1 Å². The van der Waals surface area contributed by atoms with E-state index < -0.39 is 12.0 Å². The van der Waals surface area contributed by atoms with E-state index in [-0.39, 0.29) is 0 Å². The molecule has 0 radical (unpaired) electrons. The number of carboxylic acid groups (broad SMARTS) is 1. The molecule has 0 spiro atoms. The fraction of sp³-hybridized carbons (Fsp3) is 0.714. The van der Waals surface area contributed by atoms with Gasteiger partial charge in [-0.1, -0.05) is 6.42 Å². The number of aliphatic imine (C=N–C) groups is 1. The predicted octanol–water partition coefficient (Wildman–Crippen LogP) is 0.371. The number of hydrogen-bond acceptors (Lipinski definition) is 3. The van der Waals surface area contributed by atoms with Crippen molar-refractivity contribution in [3.05, 3.63) is 0 Å². The minimum atomic E-state index is -0.866. The summed E-state index contributed by atoms with van der Waals surface area (Å²) in [6.45, 7) is 0. The van der Waals surface area contributed by atoms with Crippen LogP contribution in [0.2, 0.25) is 0 Å². The van der Waals surface area contributed by atoms with E-state index in [1.54, 1.807) is 0 Å². The van der Waals surface area contributed by atoms with Crippen LogP contribution < -0.4 is 5.73 Å². The molecule has 1 aliphatic rings. The molecule has 0 saturated heterocycles. The maximum atomic E-state index is 10.5. The summed E-state index contributed by atoms with van der Waals surface area (Å²) in [5.41, 5.74) is 5.45. The summed E-state index contributed by atoms with van der Waals surface area (Å²) in [7, 11) is 0. The van der Waals surface area contributed by atoms with Crippen LogP contribution in [0, 0.1) is 0 Å². The van der Waals surface area contributed by atoms with E-state index in [1.807, 2.05) is 0 Å². The third-order valence-electron chi connectivity index (χ3n) is 1.77. The molecular weight excluding hydrogens is 144 g/mol. The summed E-state index contributed by atoms with van der Waals surface area (Å²) >= 11 is 0. The van der Waals surface area contributed by atoms with E-state index in [1.165, 1.54) is 0 Å². The first-order valence-corrected chi connectivity index (χ1v) is 3.75. The van der Waals surface area contributed by atoms with Gasteiger partial charge in [0.1, 0.15) is 6.04 Å². The van der Waals surface area contributed by atoms with Crippen molar-refractivity contribution >= 4 is 11.8 Å². The SMILES string of the molecule is NC1=NC(C(=O)O)CCCC1. The van der Waals surface area contributed by atoms with Gasteiger partial charge in [0, 0.05) is 6.42 Å². The van der Waals surface area contributed by atoms with Crippen LogP contribution in [-0.2, 0) is 4.79 Å². The summed E-state index contributed by atoms with van der Waals surface area (Å²) in [5.74, 6) is -0.384. The highest BCUT2D eigenvalue weighted by Gasteiger charge is 2.18. The van der Waals surface area contributed by atoms with E-state index in [0.717, 1.165) is 19.3 Å². The number of nitrogens with zero attached hydrogens (tertiary/aromatic N) is 1. The van der Waals surface area contributed by atoms with Crippen LogP contribution >= 0.6 is 0 Å². The highest BCUT2D eigenvalue weighted by molar-refractivity contribution is 5.84. The molecule has 1 rings (SSSR count). The molecule has 4 heteroatoms. The molecule has 11 heavy (non-hydrogen) atoms. The van der Waals surface area contributed by atoms with Crippen molar-refractivity contribution in [1.29, 1.82) is 0 Å². The molecule has 4 nitrogen and oxygen atoms in total. The first kappa shape index (κ1) is 8.04. The minimum Gasteiger partial charge on any atom is -0.480 e. The number of rotatable bonds is 1. The molecule has 62 valence electrons. The fourth-order valence-corrected chi connectivity index (χ4v) is 1.15. The van der Waals surface area contributed by atoms with Gasteiger partial charge in [-0.05, 0) is 12.8 Å². The van der Waals surface area contributed by atoms with Gasteiger partial charge >= 0.3 is 5.97 Å². The standard InChI is InChI=1S/C7H12N2O2/c8-6-4-2-1-3-5(9-6)7(10)11/h5H,1-4H2,(H2,8,9)(H,10,11). The summed E-state index contributed by atoms with van der Waals surface area (Å²) in [5, 5.41) is 8.62. The molecule has 1 aliphatic heterocycles. The second-order valence-electron chi connectivity index (χ2n) is 2.72. The highest BCUT2D eigenvalue weighted by Crippen LogP contribution is 2.11. The summed E-state index contributed by atoms with van der Waals surface area (Å²) in [6.07, 6.45) is 3.22. The van der Waals surface area contributed by atoms with Gasteiger partial charge in [-0.2, -0.15) is 0 Å². The second kappa shape index (κ2) is 3.37. The maximum absolute atomic E-state index is 10.5. The fourth-order valence-electron chi connectivity index (χ4n) is 1.15. The van der Waals surface area contributed by atoms with E-state index in [9.17, 15) is 4.79 Å². The van der Waals surface area contributed by atoms with Crippen molar-refractivity contribution in [2.24, 2.45) is 10.7 Å². The van der Waals surface area contributed by atoms with Crippen LogP contribution in [-0.4, -0.2) is 23.0 Å². The lowest BCUT2D eigenvalue weighted by Gasteiger charge is -2.02. The maximum Gasteiger partial charge on any atom is 0.328 e. The second-order valence-corrected chi connectivity index (χ2v) is 2.72. The van der Waals surface area contributed by atoms with Gasteiger partial charge < -0.3 is 10.8 Å². The summed E-state index contributed by atoms with van der Waals surface area (Å²) in [4.78, 5) is 14.4. The van der Waals surface area contributed by atoms with Gasteiger partial charge in [0.15, 0.2) is 0 Å². The zero-order valence-corrected chi connectivity index (χ0v) is 6.29. The topological polar surface area (TPSA) is 75.7 Å². The van der Waals surface area contributed by atoms with Gasteiger partial charge in [-0.25, -0.2) is 4.79 Å². The van der Waals surface area contributed by atoms with Crippen LogP contribution in [0.4, 0.5) is 0 Å². The molecule has 1 heterocycles. The lowest BCUT2D eigenvalue weighted by atomic mass is 10.1. The first-order valence-electron chi connectivity index (χ1n) is 3.75. The molecule has 1 unspecified atom stereocenters. The molecule has 0 aromatic carbocycles. The van der Waals surface area contributed by atoms with Crippen LogP contribution in [0.25, 0.3) is 0 Å². The van der Waals surface area contributed by atoms with E-state index in [0.29, 0.717) is 12.3 Å². The van der Waals surface area contributed by atoms with Crippen molar-refractivity contribution < 1.29 is 9.90 Å². The normalized spacial score (nSPS) is 25.5. The first-order chi connectivity index (χ1) is 5.20. The Balaban J connectivity index is 2.64. The number of hydrogen-bond donors (Lipinski definition) is 2. The van der Waals surface area contributed by atoms with E-state index in [2.05, 4.69) is 4.99 Å². The number of aliphatic carboxylic acids is 1. The monoisotopic (exact) mass is 156 g/mol. The van der Waals surface area contributed by atoms with Crippen LogP contribution in [0.3, 0.4) is 0 Å². The quantitative estimate of drug-likeness (QED) is 0.576. The highest BCUT2D eigenvalue weighted by atomic mass is 16.4. The Morgan fingerprint density at radius 3 is 3.00 bits per heavy atom. The molecule has 0 aromatic rings. The van der Waals surface area contributed by atoms with E-state index >= 15 is 0 Å². The number of nitrogens with two attached hydrogens (primary N) is 1. The van der Waals surface area contributed by atoms with Crippen molar-refractivity contribution in [1.82, 2.24) is 0 Å². The largest absolute Gasteiger partial charge is 0.480 e. The third kappa shape index (κ3) is 2.22. The van der Waals surface area contributed by atoms with Gasteiger partial charge in [0.2, 0.25) is 0 Å². The van der Waals surface area contributed by atoms with Crippen molar-refractivity contribution in [2.75, 3.05) is 0 Å². The number of amidine groups is 1. The molecule has 3 N–H and O–H groups in total. The molecule has 0 amide bonds. The molecule has 0 saturated carbocycles. The van der Waals surface area contributed by atoms with Crippen molar-refractivity contribution in [2.45, 2.75) is 31.7 Å². The Hall–Kier alpha value is -1.06. The van der Waals surface area contributed by atoms with Gasteiger partial charge in [0.25, 0.3) is 0 Å². The average Bonchev–Trinajstić information content (AvgIpc) is 2.13. The van der Waals surface area contributed by atoms with Crippen LogP contribution in [0.15, 0.2) is 4.99 Å². The van der Waals surface area contributed by atoms with Crippen LogP contribution in [0.5, 0.6) is 0 Å². The summed E-state index contributed by atoms with van der Waals surface area (Å²) < 4.78 is 0. The molecular formula is C7H12N2O2. The Morgan fingerprint density at radius 1 is 1.64 bits per heavy atom. The molecule has 0 fully saturated rings. The van der Waals surface area contributed by atoms with Crippen LogP contribution in [0.1, 0.15) is 25.7 Å². The van der Waals surface area contributed by atoms with Gasteiger partial charge in [-0.15, -0.1) is 0 Å². The zero-order chi connectivity index (χ0) is 8.27. The Morgan fingerprint density at radius 2 is 2.36 bits per heavy atom. The summed E-state index contributed by atoms with van der Waals surface area (Å²) in [6, 6.07) is -0.600. The number of carbonyl (C=O) groups is 1. The Bertz CT molecular complexity index is 189. The van der Waals surface area contributed by atoms with E-state index in [4.69, 9.17) is 10.8 Å². The molecule has 0 aromatic heterocycles. The smallest absolute Gasteiger partial charge is 0.328 e. The number of carboxylic acids is 1. The minimum absolute atomic E-state index is 0.481. The van der Waals surface area contributed by atoms with Crippen molar-refractivity contribution in [3.63, 3.8) is 0 Å². The molecule has 0 aliphatic carbocycles. The van der Waals surface area contributed by atoms with Gasteiger partial charge in [0.05, 0.1) is 5.84 Å². The molecule has 1 atom stereocenters. The zero-order valence-electron chi connectivity index (χ0n) is 6.29. The Kier molecular flexibility index (Phi) is 2.46. The molecule has 0 bridgehead atoms. The van der Waals surface area contributed by atoms with Crippen molar-refractivity contribution in [3.8, 4) is 0 Å². The third-order valence-corrected chi connectivity index (χ3v) is 1.77.